The van der Waals surface area contributed by atoms with Crippen LogP contribution in [-0.2, 0) is 5.41 Å². The predicted octanol–water partition coefficient (Wildman–Crippen LogP) is 13.0. The predicted molar refractivity (Wildman–Crippen MR) is 243 cm³/mol. The third-order valence-corrected chi connectivity index (χ3v) is 12.6. The molecule has 12 rings (SSSR count). The standard InChI is InChI=1S/C54H38N4/c1-54(2)45-19-9-7-18-43(45)49-48-38(16-11-20-46(48)54)32-44-42-17-8-10-21-47(42)58(50(44)49)41-28-26-35(27-29-41)51-55-52(39-24-22-33-12-3-5-14-36(33)30-39)57-53(56-51)40-25-23-34-13-4-6-15-37(34)31-40/h3-32,52H,1-2H3,(H,55,56,57). The summed E-state index contributed by atoms with van der Waals surface area (Å²) in [5.41, 5.74) is 11.8. The van der Waals surface area contributed by atoms with E-state index in [1.165, 1.54) is 76.4 Å². The summed E-state index contributed by atoms with van der Waals surface area (Å²) in [6, 6.07) is 66.0. The molecule has 1 unspecified atom stereocenters. The van der Waals surface area contributed by atoms with Gasteiger partial charge in [0.05, 0.1) is 11.0 Å². The molecule has 0 bridgehead atoms. The van der Waals surface area contributed by atoms with E-state index in [0.717, 1.165) is 28.2 Å². The summed E-state index contributed by atoms with van der Waals surface area (Å²) in [7, 11) is 0. The number of aromatic nitrogens is 1. The van der Waals surface area contributed by atoms with E-state index in [-0.39, 0.29) is 11.6 Å². The lowest BCUT2D eigenvalue weighted by molar-refractivity contribution is 0.645. The van der Waals surface area contributed by atoms with Gasteiger partial charge in [-0.25, -0.2) is 9.98 Å². The van der Waals surface area contributed by atoms with Gasteiger partial charge in [0.2, 0.25) is 0 Å². The Bertz CT molecular complexity index is 3400. The maximum Gasteiger partial charge on any atom is 0.159 e. The molecule has 0 spiro atoms. The van der Waals surface area contributed by atoms with E-state index in [4.69, 9.17) is 9.98 Å². The summed E-state index contributed by atoms with van der Waals surface area (Å²) in [4.78, 5) is 10.5. The molecule has 0 fully saturated rings. The molecule has 1 aromatic heterocycles. The molecule has 2 aliphatic rings. The number of rotatable bonds is 4. The Morgan fingerprint density at radius 1 is 0.534 bits per heavy atom. The summed E-state index contributed by atoms with van der Waals surface area (Å²) >= 11 is 0. The molecule has 4 nitrogen and oxygen atoms in total. The van der Waals surface area contributed by atoms with E-state index in [2.05, 4.69) is 206 Å². The summed E-state index contributed by atoms with van der Waals surface area (Å²) in [6.45, 7) is 4.73. The number of benzene rings is 9. The third kappa shape index (κ3) is 4.88. The lowest BCUT2D eigenvalue weighted by Gasteiger charge is -2.35. The molecule has 0 amide bonds. The maximum atomic E-state index is 5.29. The molecule has 4 heteroatoms. The Hall–Kier alpha value is -7.30. The lowest BCUT2D eigenvalue weighted by atomic mass is 9.68. The molecule has 274 valence electrons. The van der Waals surface area contributed by atoms with Gasteiger partial charge < -0.3 is 9.88 Å². The van der Waals surface area contributed by atoms with Crippen molar-refractivity contribution in [1.29, 1.82) is 0 Å². The molecule has 1 aliphatic carbocycles. The average molecular weight is 743 g/mol. The Morgan fingerprint density at radius 3 is 2.02 bits per heavy atom. The first-order valence-electron chi connectivity index (χ1n) is 20.1. The van der Waals surface area contributed by atoms with Crippen LogP contribution < -0.4 is 5.32 Å². The third-order valence-electron chi connectivity index (χ3n) is 12.6. The molecule has 0 radical (unpaired) electrons. The fourth-order valence-corrected chi connectivity index (χ4v) is 9.71. The zero-order valence-corrected chi connectivity index (χ0v) is 32.2. The van der Waals surface area contributed by atoms with Gasteiger partial charge in [0, 0.05) is 38.6 Å². The second-order valence-electron chi connectivity index (χ2n) is 16.2. The molecular formula is C54H38N4. The number of fused-ring (bicyclic) bond motifs is 8. The fraction of sp³-hybridized carbons (Fsp3) is 0.0741. The maximum absolute atomic E-state index is 5.29. The zero-order valence-electron chi connectivity index (χ0n) is 32.2. The van der Waals surface area contributed by atoms with Crippen molar-refractivity contribution >= 4 is 65.8 Å². The number of nitrogens with zero attached hydrogens (tertiary/aromatic N) is 3. The zero-order chi connectivity index (χ0) is 38.5. The Morgan fingerprint density at radius 2 is 1.19 bits per heavy atom. The average Bonchev–Trinajstić information content (AvgIpc) is 3.61. The second kappa shape index (κ2) is 12.3. The molecule has 10 aromatic rings. The van der Waals surface area contributed by atoms with Crippen LogP contribution in [0.25, 0.3) is 70.9 Å². The number of aliphatic imine (C=N–C) groups is 2. The lowest BCUT2D eigenvalue weighted by Crippen LogP contribution is -2.33. The minimum atomic E-state index is -0.310. The minimum Gasteiger partial charge on any atom is -0.344 e. The molecule has 9 aromatic carbocycles. The Labute approximate surface area is 336 Å². The highest BCUT2D eigenvalue weighted by Crippen LogP contribution is 2.52. The summed E-state index contributed by atoms with van der Waals surface area (Å²) in [5, 5.41) is 13.6. The van der Waals surface area contributed by atoms with Crippen molar-refractivity contribution in [3.8, 4) is 16.8 Å². The first-order chi connectivity index (χ1) is 28.5. The van der Waals surface area contributed by atoms with Crippen LogP contribution in [0.4, 0.5) is 0 Å². The van der Waals surface area contributed by atoms with Crippen LogP contribution in [0.2, 0.25) is 0 Å². The first-order valence-corrected chi connectivity index (χ1v) is 20.1. The topological polar surface area (TPSA) is 41.7 Å². The number of para-hydroxylation sites is 1. The Balaban J connectivity index is 1.04. The van der Waals surface area contributed by atoms with Crippen molar-refractivity contribution in [1.82, 2.24) is 9.88 Å². The number of amidine groups is 2. The molecule has 1 atom stereocenters. The summed E-state index contributed by atoms with van der Waals surface area (Å²) in [5.74, 6) is 1.51. The van der Waals surface area contributed by atoms with E-state index >= 15 is 0 Å². The van der Waals surface area contributed by atoms with Gasteiger partial charge in [-0.05, 0) is 103 Å². The van der Waals surface area contributed by atoms with Crippen molar-refractivity contribution in [3.05, 3.63) is 210 Å². The highest BCUT2D eigenvalue weighted by molar-refractivity contribution is 6.23. The van der Waals surface area contributed by atoms with Gasteiger partial charge >= 0.3 is 0 Å². The van der Waals surface area contributed by atoms with E-state index in [0.29, 0.717) is 5.84 Å². The first kappa shape index (κ1) is 32.9. The fourth-order valence-electron chi connectivity index (χ4n) is 9.71. The smallest absolute Gasteiger partial charge is 0.159 e. The highest BCUT2D eigenvalue weighted by Gasteiger charge is 2.35. The quantitative estimate of drug-likeness (QED) is 0.192. The highest BCUT2D eigenvalue weighted by atomic mass is 15.2. The van der Waals surface area contributed by atoms with Gasteiger partial charge in [-0.3, -0.25) is 0 Å². The molecular weight excluding hydrogens is 705 g/mol. The van der Waals surface area contributed by atoms with Crippen molar-refractivity contribution in [2.75, 3.05) is 0 Å². The van der Waals surface area contributed by atoms with Gasteiger partial charge in [-0.2, -0.15) is 0 Å². The molecule has 1 N–H and O–H groups in total. The number of hydrogen-bond acceptors (Lipinski definition) is 3. The number of hydrogen-bond donors (Lipinski definition) is 1. The molecule has 1 aliphatic heterocycles. The van der Waals surface area contributed by atoms with Gasteiger partial charge in [-0.1, -0.05) is 147 Å². The monoisotopic (exact) mass is 742 g/mol. The van der Waals surface area contributed by atoms with E-state index in [9.17, 15) is 0 Å². The van der Waals surface area contributed by atoms with E-state index < -0.39 is 0 Å². The van der Waals surface area contributed by atoms with Crippen LogP contribution in [0.5, 0.6) is 0 Å². The van der Waals surface area contributed by atoms with Crippen LogP contribution in [0.3, 0.4) is 0 Å². The van der Waals surface area contributed by atoms with Crippen molar-refractivity contribution in [3.63, 3.8) is 0 Å². The van der Waals surface area contributed by atoms with Crippen LogP contribution in [0.15, 0.2) is 192 Å². The Kier molecular flexibility index (Phi) is 7.00. The molecule has 2 heterocycles. The van der Waals surface area contributed by atoms with Gasteiger partial charge in [0.25, 0.3) is 0 Å². The van der Waals surface area contributed by atoms with Crippen molar-refractivity contribution < 1.29 is 0 Å². The minimum absolute atomic E-state index is 0.123. The molecule has 0 saturated heterocycles. The SMILES string of the molecule is CC1(C)c2ccccc2-c2c3c1cccc3cc1c3ccccc3n(-c3ccc(C4=NC(c5ccc6ccccc6c5)NC(c5ccc6ccccc6c5)=N4)cc3)c21. The van der Waals surface area contributed by atoms with Gasteiger partial charge in [-0.15, -0.1) is 0 Å². The van der Waals surface area contributed by atoms with Crippen LogP contribution in [-0.4, -0.2) is 16.2 Å². The van der Waals surface area contributed by atoms with Crippen LogP contribution in [0, 0.1) is 0 Å². The summed E-state index contributed by atoms with van der Waals surface area (Å²) < 4.78 is 2.47. The van der Waals surface area contributed by atoms with Crippen LogP contribution in [0.1, 0.15) is 47.8 Å². The van der Waals surface area contributed by atoms with Gasteiger partial charge in [0.1, 0.15) is 12.0 Å². The molecule has 58 heavy (non-hydrogen) atoms. The van der Waals surface area contributed by atoms with Crippen molar-refractivity contribution in [2.45, 2.75) is 25.4 Å². The van der Waals surface area contributed by atoms with E-state index in [1.807, 2.05) is 0 Å². The number of nitrogens with one attached hydrogen (secondary N) is 1. The largest absolute Gasteiger partial charge is 0.344 e. The summed E-state index contributed by atoms with van der Waals surface area (Å²) in [6.07, 6.45) is -0.310. The van der Waals surface area contributed by atoms with Crippen LogP contribution >= 0.6 is 0 Å². The second-order valence-corrected chi connectivity index (χ2v) is 16.2. The van der Waals surface area contributed by atoms with Gasteiger partial charge in [0.15, 0.2) is 5.84 Å². The molecule has 0 saturated carbocycles. The van der Waals surface area contributed by atoms with E-state index in [1.54, 1.807) is 0 Å². The van der Waals surface area contributed by atoms with Crippen molar-refractivity contribution in [2.24, 2.45) is 9.98 Å². The normalized spacial score (nSPS) is 15.7.